The van der Waals surface area contributed by atoms with E-state index in [2.05, 4.69) is 54.0 Å². The largest absolute Gasteiger partial charge is 0.361 e. The lowest BCUT2D eigenvalue weighted by Gasteiger charge is -2.15. The fourth-order valence-electron chi connectivity index (χ4n) is 2.85. The molecule has 3 aromatic carbocycles. The molecule has 0 aliphatic carbocycles. The average Bonchev–Trinajstić information content (AvgIpc) is 2.66. The van der Waals surface area contributed by atoms with Crippen molar-refractivity contribution in [1.82, 2.24) is 4.90 Å². The summed E-state index contributed by atoms with van der Waals surface area (Å²) >= 11 is 0. The summed E-state index contributed by atoms with van der Waals surface area (Å²) in [5.74, 6) is 0. The summed E-state index contributed by atoms with van der Waals surface area (Å²) < 4.78 is 0. The first-order valence-corrected chi connectivity index (χ1v) is 8.08. The Hall–Kier alpha value is -3.38. The van der Waals surface area contributed by atoms with Gasteiger partial charge < -0.3 is 4.90 Å². The molecule has 0 aliphatic rings. The van der Waals surface area contributed by atoms with Gasteiger partial charge in [-0.05, 0) is 45.7 Å². The Morgan fingerprint density at radius 3 is 2.52 bits per heavy atom. The standard InChI is InChI=1S/C22H19N3/c1-3-24-16-25(2)15-22-13-20(10-11-21(22)14-23)19-9-8-17-6-4-5-7-18(17)12-19/h3-13,16H,1,15H2,2H3/b24-16-. The summed E-state index contributed by atoms with van der Waals surface area (Å²) in [6, 6.07) is 23.0. The van der Waals surface area contributed by atoms with Crippen LogP contribution in [0.25, 0.3) is 21.9 Å². The number of aliphatic imine (C=N–C) groups is 1. The summed E-state index contributed by atoms with van der Waals surface area (Å²) in [7, 11) is 1.93. The number of nitriles is 1. The molecule has 0 bridgehead atoms. The van der Waals surface area contributed by atoms with Crippen LogP contribution in [0.1, 0.15) is 11.1 Å². The Morgan fingerprint density at radius 2 is 1.76 bits per heavy atom. The highest BCUT2D eigenvalue weighted by molar-refractivity contribution is 5.87. The van der Waals surface area contributed by atoms with Gasteiger partial charge in [0, 0.05) is 19.8 Å². The highest BCUT2D eigenvalue weighted by Crippen LogP contribution is 2.26. The molecule has 0 unspecified atom stereocenters. The Bertz CT molecular complexity index is 980. The minimum absolute atomic E-state index is 0.613. The van der Waals surface area contributed by atoms with Gasteiger partial charge in [-0.2, -0.15) is 5.26 Å². The Morgan fingerprint density at radius 1 is 1.04 bits per heavy atom. The number of rotatable bonds is 5. The van der Waals surface area contributed by atoms with Crippen LogP contribution in [0, 0.1) is 11.3 Å². The molecule has 0 saturated carbocycles. The fourth-order valence-corrected chi connectivity index (χ4v) is 2.85. The molecule has 0 spiro atoms. The van der Waals surface area contributed by atoms with Gasteiger partial charge >= 0.3 is 0 Å². The zero-order valence-electron chi connectivity index (χ0n) is 14.2. The molecule has 0 saturated heterocycles. The molecule has 3 heteroatoms. The van der Waals surface area contributed by atoms with E-state index in [0.717, 1.165) is 16.7 Å². The van der Waals surface area contributed by atoms with Crippen molar-refractivity contribution >= 4 is 17.1 Å². The molecule has 0 amide bonds. The van der Waals surface area contributed by atoms with E-state index >= 15 is 0 Å². The maximum atomic E-state index is 9.39. The average molecular weight is 325 g/mol. The van der Waals surface area contributed by atoms with Crippen molar-refractivity contribution in [3.05, 3.63) is 84.6 Å². The van der Waals surface area contributed by atoms with E-state index in [4.69, 9.17) is 0 Å². The SMILES string of the molecule is C=C/N=C\N(C)Cc1cc(-c2ccc3ccccc3c2)ccc1C#N. The number of fused-ring (bicyclic) bond motifs is 1. The lowest BCUT2D eigenvalue weighted by atomic mass is 9.97. The fraction of sp³-hybridized carbons (Fsp3) is 0.0909. The van der Waals surface area contributed by atoms with Gasteiger partial charge in [-0.25, -0.2) is 4.99 Å². The topological polar surface area (TPSA) is 39.4 Å². The van der Waals surface area contributed by atoms with Crippen LogP contribution in [0.3, 0.4) is 0 Å². The van der Waals surface area contributed by atoms with Crippen LogP contribution < -0.4 is 0 Å². The minimum atomic E-state index is 0.613. The quantitative estimate of drug-likeness (QED) is 0.490. The van der Waals surface area contributed by atoms with Gasteiger partial charge in [-0.1, -0.05) is 49.0 Å². The molecule has 3 nitrogen and oxygen atoms in total. The van der Waals surface area contributed by atoms with Crippen LogP contribution >= 0.6 is 0 Å². The maximum Gasteiger partial charge on any atom is 0.0995 e. The summed E-state index contributed by atoms with van der Waals surface area (Å²) in [5, 5.41) is 11.8. The van der Waals surface area contributed by atoms with Crippen molar-refractivity contribution in [3.63, 3.8) is 0 Å². The first-order chi connectivity index (χ1) is 12.2. The number of hydrogen-bond acceptors (Lipinski definition) is 2. The molecule has 122 valence electrons. The summed E-state index contributed by atoms with van der Waals surface area (Å²) in [4.78, 5) is 5.95. The predicted octanol–water partition coefficient (Wildman–Crippen LogP) is 4.98. The van der Waals surface area contributed by atoms with Gasteiger partial charge in [0.1, 0.15) is 0 Å². The van der Waals surface area contributed by atoms with E-state index in [1.807, 2.05) is 36.2 Å². The number of hydrogen-bond donors (Lipinski definition) is 0. The third-order valence-corrected chi connectivity index (χ3v) is 4.10. The molecule has 0 fully saturated rings. The lowest BCUT2D eigenvalue weighted by Crippen LogP contribution is -2.16. The van der Waals surface area contributed by atoms with E-state index in [-0.39, 0.29) is 0 Å². The lowest BCUT2D eigenvalue weighted by molar-refractivity contribution is 0.515. The third kappa shape index (κ3) is 3.76. The van der Waals surface area contributed by atoms with Gasteiger partial charge in [-0.15, -0.1) is 0 Å². The smallest absolute Gasteiger partial charge is 0.0995 e. The summed E-state index contributed by atoms with van der Waals surface area (Å²) in [6.07, 6.45) is 3.20. The highest BCUT2D eigenvalue weighted by atomic mass is 15.1. The first-order valence-electron chi connectivity index (χ1n) is 8.08. The molecule has 0 aliphatic heterocycles. The monoisotopic (exact) mass is 325 g/mol. The normalized spacial score (nSPS) is 10.7. The number of nitrogens with zero attached hydrogens (tertiary/aromatic N) is 3. The van der Waals surface area contributed by atoms with Crippen LogP contribution in [0.15, 0.2) is 78.4 Å². The molecular formula is C22H19N3. The zero-order chi connectivity index (χ0) is 17.6. The van der Waals surface area contributed by atoms with E-state index in [1.54, 1.807) is 6.34 Å². The molecule has 25 heavy (non-hydrogen) atoms. The van der Waals surface area contributed by atoms with Crippen LogP contribution in [-0.4, -0.2) is 18.3 Å². The van der Waals surface area contributed by atoms with Crippen molar-refractivity contribution < 1.29 is 0 Å². The maximum absolute atomic E-state index is 9.39. The molecule has 3 aromatic rings. The van der Waals surface area contributed by atoms with Gasteiger partial charge in [0.25, 0.3) is 0 Å². The van der Waals surface area contributed by atoms with Crippen molar-refractivity contribution in [3.8, 4) is 17.2 Å². The van der Waals surface area contributed by atoms with Crippen molar-refractivity contribution in [2.24, 2.45) is 4.99 Å². The Labute approximate surface area is 148 Å². The van der Waals surface area contributed by atoms with Crippen molar-refractivity contribution in [1.29, 1.82) is 5.26 Å². The predicted molar refractivity (Wildman–Crippen MR) is 104 cm³/mol. The Balaban J connectivity index is 1.98. The second-order valence-corrected chi connectivity index (χ2v) is 5.91. The molecule has 0 radical (unpaired) electrons. The van der Waals surface area contributed by atoms with Gasteiger partial charge in [-0.3, -0.25) is 0 Å². The van der Waals surface area contributed by atoms with E-state index in [9.17, 15) is 5.26 Å². The van der Waals surface area contributed by atoms with Gasteiger partial charge in [0.2, 0.25) is 0 Å². The minimum Gasteiger partial charge on any atom is -0.361 e. The van der Waals surface area contributed by atoms with Crippen LogP contribution in [0.2, 0.25) is 0 Å². The molecule has 0 N–H and O–H groups in total. The van der Waals surface area contributed by atoms with Gasteiger partial charge in [0.05, 0.1) is 18.0 Å². The van der Waals surface area contributed by atoms with Crippen LogP contribution in [0.4, 0.5) is 0 Å². The second-order valence-electron chi connectivity index (χ2n) is 5.91. The van der Waals surface area contributed by atoms with E-state index in [1.165, 1.54) is 17.0 Å². The van der Waals surface area contributed by atoms with Crippen LogP contribution in [-0.2, 0) is 6.54 Å². The molecular weight excluding hydrogens is 306 g/mol. The Kier molecular flexibility index (Phi) is 4.92. The van der Waals surface area contributed by atoms with E-state index < -0.39 is 0 Å². The zero-order valence-corrected chi connectivity index (χ0v) is 14.2. The molecule has 0 atom stereocenters. The van der Waals surface area contributed by atoms with Gasteiger partial charge in [0.15, 0.2) is 0 Å². The summed E-state index contributed by atoms with van der Waals surface area (Å²) in [6.45, 7) is 4.19. The second kappa shape index (κ2) is 7.46. The molecule has 0 aromatic heterocycles. The first kappa shape index (κ1) is 16.5. The van der Waals surface area contributed by atoms with Crippen molar-refractivity contribution in [2.45, 2.75) is 6.54 Å². The summed E-state index contributed by atoms with van der Waals surface area (Å²) in [5.41, 5.74) is 3.91. The van der Waals surface area contributed by atoms with Crippen molar-refractivity contribution in [2.75, 3.05) is 7.05 Å². The van der Waals surface area contributed by atoms with E-state index in [0.29, 0.717) is 12.1 Å². The molecule has 3 rings (SSSR count). The van der Waals surface area contributed by atoms with Crippen LogP contribution in [0.5, 0.6) is 0 Å². The molecule has 0 heterocycles. The number of benzene rings is 3. The highest BCUT2D eigenvalue weighted by Gasteiger charge is 2.07. The third-order valence-electron chi connectivity index (χ3n) is 4.10.